The Bertz CT molecular complexity index is 406. The fourth-order valence-corrected chi connectivity index (χ4v) is 1.41. The highest BCUT2D eigenvalue weighted by Gasteiger charge is 2.18. The molecule has 98 valence electrons. The van der Waals surface area contributed by atoms with Crippen molar-refractivity contribution in [3.8, 4) is 0 Å². The van der Waals surface area contributed by atoms with Crippen molar-refractivity contribution in [2.45, 2.75) is 0 Å². The van der Waals surface area contributed by atoms with Gasteiger partial charge in [0.25, 0.3) is 5.91 Å². The van der Waals surface area contributed by atoms with E-state index in [9.17, 15) is 9.59 Å². The molecule has 0 aliphatic heterocycles. The topological polar surface area (TPSA) is 73.7 Å². The molecule has 1 rings (SSSR count). The number of amides is 1. The fourth-order valence-electron chi connectivity index (χ4n) is 1.41. The third-order valence-corrected chi connectivity index (χ3v) is 2.36. The molecule has 6 nitrogen and oxygen atoms in total. The van der Waals surface area contributed by atoms with E-state index in [2.05, 4.69) is 4.98 Å². The van der Waals surface area contributed by atoms with Crippen molar-refractivity contribution in [3.05, 3.63) is 30.1 Å². The van der Waals surface area contributed by atoms with Gasteiger partial charge in [0, 0.05) is 31.0 Å². The number of pyridine rings is 1. The molecular formula is C12H17N3O3. The summed E-state index contributed by atoms with van der Waals surface area (Å²) in [5, 5.41) is 8.83. The zero-order chi connectivity index (χ0) is 13.5. The van der Waals surface area contributed by atoms with Gasteiger partial charge in [-0.05, 0) is 26.2 Å². The van der Waals surface area contributed by atoms with Crippen LogP contribution in [0.3, 0.4) is 0 Å². The van der Waals surface area contributed by atoms with E-state index in [-0.39, 0.29) is 12.5 Å². The van der Waals surface area contributed by atoms with Crippen molar-refractivity contribution in [3.63, 3.8) is 0 Å². The standard InChI is InChI=1S/C12H17N3O3/c1-14(2)7-8-15(9-11(16)17)12(18)10-3-5-13-6-4-10/h3-6H,7-9H2,1-2H3,(H,16,17). The summed E-state index contributed by atoms with van der Waals surface area (Å²) >= 11 is 0. The predicted molar refractivity (Wildman–Crippen MR) is 66.3 cm³/mol. The molecule has 0 bridgehead atoms. The lowest BCUT2D eigenvalue weighted by Crippen LogP contribution is -2.40. The second-order valence-electron chi connectivity index (χ2n) is 4.16. The number of aliphatic carboxylic acids is 1. The predicted octanol–water partition coefficient (Wildman–Crippen LogP) is 0.170. The normalized spacial score (nSPS) is 10.4. The van der Waals surface area contributed by atoms with Crippen LogP contribution < -0.4 is 0 Å². The Morgan fingerprint density at radius 2 is 1.83 bits per heavy atom. The summed E-state index contributed by atoms with van der Waals surface area (Å²) in [5.74, 6) is -1.31. The Labute approximate surface area is 106 Å². The highest BCUT2D eigenvalue weighted by atomic mass is 16.4. The van der Waals surface area contributed by atoms with E-state index >= 15 is 0 Å². The number of carbonyl (C=O) groups excluding carboxylic acids is 1. The molecule has 0 saturated carbocycles. The smallest absolute Gasteiger partial charge is 0.323 e. The third kappa shape index (κ3) is 4.50. The zero-order valence-electron chi connectivity index (χ0n) is 10.5. The molecule has 18 heavy (non-hydrogen) atoms. The Kier molecular flexibility index (Phi) is 5.26. The monoisotopic (exact) mass is 251 g/mol. The van der Waals surface area contributed by atoms with Crippen LogP contribution in [0.1, 0.15) is 10.4 Å². The van der Waals surface area contributed by atoms with Gasteiger partial charge in [-0.1, -0.05) is 0 Å². The average molecular weight is 251 g/mol. The molecule has 1 aromatic heterocycles. The van der Waals surface area contributed by atoms with E-state index in [1.54, 1.807) is 12.1 Å². The van der Waals surface area contributed by atoms with E-state index in [0.29, 0.717) is 18.7 Å². The van der Waals surface area contributed by atoms with Crippen LogP contribution in [0.2, 0.25) is 0 Å². The van der Waals surface area contributed by atoms with Crippen LogP contribution in [0.25, 0.3) is 0 Å². The number of hydrogen-bond donors (Lipinski definition) is 1. The maximum Gasteiger partial charge on any atom is 0.323 e. The van der Waals surface area contributed by atoms with E-state index in [0.717, 1.165) is 0 Å². The number of rotatable bonds is 6. The van der Waals surface area contributed by atoms with Gasteiger partial charge in [0.2, 0.25) is 0 Å². The van der Waals surface area contributed by atoms with Crippen LogP contribution in [0.4, 0.5) is 0 Å². The number of likely N-dealkylation sites (N-methyl/N-ethyl adjacent to an activating group) is 1. The molecule has 6 heteroatoms. The van der Waals surface area contributed by atoms with Gasteiger partial charge in [0.15, 0.2) is 0 Å². The molecule has 0 aliphatic carbocycles. The van der Waals surface area contributed by atoms with Gasteiger partial charge in [-0.25, -0.2) is 0 Å². The molecule has 1 N–H and O–H groups in total. The first-order valence-electron chi connectivity index (χ1n) is 5.56. The summed E-state index contributed by atoms with van der Waals surface area (Å²) < 4.78 is 0. The van der Waals surface area contributed by atoms with Gasteiger partial charge in [-0.2, -0.15) is 0 Å². The van der Waals surface area contributed by atoms with Crippen molar-refractivity contribution in [2.24, 2.45) is 0 Å². The number of carboxylic acids is 1. The van der Waals surface area contributed by atoms with E-state index in [1.807, 2.05) is 19.0 Å². The van der Waals surface area contributed by atoms with E-state index in [1.165, 1.54) is 17.3 Å². The second-order valence-corrected chi connectivity index (χ2v) is 4.16. The largest absolute Gasteiger partial charge is 0.480 e. The minimum Gasteiger partial charge on any atom is -0.480 e. The van der Waals surface area contributed by atoms with Crippen molar-refractivity contribution in [1.82, 2.24) is 14.8 Å². The number of carboxylic acid groups (broad SMARTS) is 1. The highest BCUT2D eigenvalue weighted by Crippen LogP contribution is 2.03. The lowest BCUT2D eigenvalue weighted by atomic mass is 10.2. The molecule has 0 aliphatic rings. The van der Waals surface area contributed by atoms with Crippen molar-refractivity contribution in [1.29, 1.82) is 0 Å². The number of carbonyl (C=O) groups is 2. The number of nitrogens with zero attached hydrogens (tertiary/aromatic N) is 3. The number of aromatic nitrogens is 1. The summed E-state index contributed by atoms with van der Waals surface area (Å²) in [7, 11) is 3.74. The molecular weight excluding hydrogens is 234 g/mol. The molecule has 0 atom stereocenters. The lowest BCUT2D eigenvalue weighted by Gasteiger charge is -2.22. The van der Waals surface area contributed by atoms with Gasteiger partial charge in [-0.3, -0.25) is 14.6 Å². The quantitative estimate of drug-likeness (QED) is 0.780. The minimum absolute atomic E-state index is 0.290. The molecule has 0 fully saturated rings. The van der Waals surface area contributed by atoms with Crippen LogP contribution in [-0.2, 0) is 4.79 Å². The molecule has 0 aromatic carbocycles. The van der Waals surface area contributed by atoms with E-state index in [4.69, 9.17) is 5.11 Å². The van der Waals surface area contributed by atoms with E-state index < -0.39 is 5.97 Å². The van der Waals surface area contributed by atoms with Crippen LogP contribution in [0.15, 0.2) is 24.5 Å². The second kappa shape index (κ2) is 6.70. The fraction of sp³-hybridized carbons (Fsp3) is 0.417. The zero-order valence-corrected chi connectivity index (χ0v) is 10.5. The van der Waals surface area contributed by atoms with Gasteiger partial charge in [-0.15, -0.1) is 0 Å². The van der Waals surface area contributed by atoms with Crippen LogP contribution in [-0.4, -0.2) is 65.5 Å². The van der Waals surface area contributed by atoms with Crippen LogP contribution in [0, 0.1) is 0 Å². The van der Waals surface area contributed by atoms with Gasteiger partial charge in [0.05, 0.1) is 0 Å². The Morgan fingerprint density at radius 3 is 2.33 bits per heavy atom. The summed E-state index contributed by atoms with van der Waals surface area (Å²) in [6.07, 6.45) is 3.02. The molecule has 1 heterocycles. The Hall–Kier alpha value is -1.95. The summed E-state index contributed by atoms with van der Waals surface area (Å²) in [6.45, 7) is 0.694. The van der Waals surface area contributed by atoms with Gasteiger partial charge < -0.3 is 14.9 Å². The first-order chi connectivity index (χ1) is 8.50. The van der Waals surface area contributed by atoms with Crippen molar-refractivity contribution < 1.29 is 14.7 Å². The first kappa shape index (κ1) is 14.1. The van der Waals surface area contributed by atoms with Crippen molar-refractivity contribution in [2.75, 3.05) is 33.7 Å². The molecule has 0 radical (unpaired) electrons. The van der Waals surface area contributed by atoms with Gasteiger partial charge >= 0.3 is 5.97 Å². The first-order valence-corrected chi connectivity index (χ1v) is 5.56. The van der Waals surface area contributed by atoms with Crippen LogP contribution >= 0.6 is 0 Å². The summed E-state index contributed by atoms with van der Waals surface area (Å²) in [6, 6.07) is 3.15. The SMILES string of the molecule is CN(C)CCN(CC(=O)O)C(=O)c1ccncc1. The maximum atomic E-state index is 12.1. The lowest BCUT2D eigenvalue weighted by molar-refractivity contribution is -0.137. The Morgan fingerprint density at radius 1 is 1.22 bits per heavy atom. The summed E-state index contributed by atoms with van der Waals surface area (Å²) in [4.78, 5) is 29.9. The maximum absolute atomic E-state index is 12.1. The van der Waals surface area contributed by atoms with Crippen molar-refractivity contribution >= 4 is 11.9 Å². The highest BCUT2D eigenvalue weighted by molar-refractivity contribution is 5.95. The minimum atomic E-state index is -1.02. The molecule has 0 unspecified atom stereocenters. The van der Waals surface area contributed by atoms with Gasteiger partial charge in [0.1, 0.15) is 6.54 Å². The molecule has 1 aromatic rings. The van der Waals surface area contributed by atoms with Crippen LogP contribution in [0.5, 0.6) is 0 Å². The molecule has 1 amide bonds. The molecule has 0 spiro atoms. The average Bonchev–Trinajstić information content (AvgIpc) is 2.34. The molecule has 0 saturated heterocycles. The number of hydrogen-bond acceptors (Lipinski definition) is 4. The summed E-state index contributed by atoms with van der Waals surface area (Å²) in [5.41, 5.74) is 0.449. The third-order valence-electron chi connectivity index (χ3n) is 2.36. The Balaban J connectivity index is 2.75.